The van der Waals surface area contributed by atoms with Crippen LogP contribution in [0.5, 0.6) is 0 Å². The molecule has 0 saturated carbocycles. The van der Waals surface area contributed by atoms with Gasteiger partial charge in [0.1, 0.15) is 0 Å². The van der Waals surface area contributed by atoms with Crippen molar-refractivity contribution in [1.82, 2.24) is 4.90 Å². The lowest BCUT2D eigenvalue weighted by Crippen LogP contribution is -2.14. The molecule has 3 heteroatoms. The van der Waals surface area contributed by atoms with Gasteiger partial charge in [-0.1, -0.05) is 0 Å². The quantitative estimate of drug-likeness (QED) is 0.464. The molecule has 0 aliphatic heterocycles. The van der Waals surface area contributed by atoms with Crippen LogP contribution in [-0.4, -0.2) is 36.7 Å². The standard InChI is InChI=1S/C8H16N2S/c1-8(9-7-11)5-4-6-10(2)3/h8H,4-6H2,1-3H3/t8-/m1/s1. The van der Waals surface area contributed by atoms with Gasteiger partial charge < -0.3 is 4.90 Å². The first kappa shape index (κ1) is 10.8. The number of hydrogen-bond acceptors (Lipinski definition) is 3. The molecule has 64 valence electrons. The highest BCUT2D eigenvalue weighted by atomic mass is 32.1. The normalized spacial score (nSPS) is 12.7. The van der Waals surface area contributed by atoms with E-state index in [9.17, 15) is 0 Å². The average molecular weight is 172 g/mol. The first-order chi connectivity index (χ1) is 5.16. The van der Waals surface area contributed by atoms with Gasteiger partial charge in [-0.2, -0.15) is 0 Å². The Bertz CT molecular complexity index is 139. The lowest BCUT2D eigenvalue weighted by atomic mass is 10.2. The molecule has 0 N–H and O–H groups in total. The van der Waals surface area contributed by atoms with E-state index in [1.165, 1.54) is 6.42 Å². The van der Waals surface area contributed by atoms with Gasteiger partial charge in [0.2, 0.25) is 0 Å². The van der Waals surface area contributed by atoms with E-state index in [1.807, 2.05) is 0 Å². The fourth-order valence-electron chi connectivity index (χ4n) is 0.857. The summed E-state index contributed by atoms with van der Waals surface area (Å²) in [7, 11) is 4.15. The Morgan fingerprint density at radius 2 is 2.18 bits per heavy atom. The van der Waals surface area contributed by atoms with E-state index in [-0.39, 0.29) is 0 Å². The van der Waals surface area contributed by atoms with Gasteiger partial charge in [0.05, 0.1) is 11.2 Å². The summed E-state index contributed by atoms with van der Waals surface area (Å²) < 4.78 is 0. The average Bonchev–Trinajstić information content (AvgIpc) is 1.87. The van der Waals surface area contributed by atoms with Crippen LogP contribution in [0.1, 0.15) is 19.8 Å². The second-order valence-corrected chi connectivity index (χ2v) is 3.20. The van der Waals surface area contributed by atoms with E-state index in [1.54, 1.807) is 0 Å². The smallest absolute Gasteiger partial charge is 0.0587 e. The molecule has 0 aliphatic carbocycles. The Kier molecular flexibility index (Phi) is 6.33. The molecule has 0 unspecified atom stereocenters. The Balaban J connectivity index is 3.31. The molecule has 11 heavy (non-hydrogen) atoms. The van der Waals surface area contributed by atoms with Crippen molar-refractivity contribution in [2.75, 3.05) is 20.6 Å². The summed E-state index contributed by atoms with van der Waals surface area (Å²) in [4.78, 5) is 6.14. The number of aliphatic imine (C=N–C) groups is 1. The molecular formula is C8H16N2S. The molecule has 2 nitrogen and oxygen atoms in total. The van der Waals surface area contributed by atoms with Gasteiger partial charge in [-0.3, -0.25) is 0 Å². The predicted octanol–water partition coefficient (Wildman–Crippen LogP) is 1.82. The maximum absolute atomic E-state index is 4.50. The van der Waals surface area contributed by atoms with E-state index in [0.29, 0.717) is 6.04 Å². The second kappa shape index (κ2) is 6.47. The van der Waals surface area contributed by atoms with Crippen LogP contribution in [0.3, 0.4) is 0 Å². The summed E-state index contributed by atoms with van der Waals surface area (Å²) in [5, 5.41) is 2.40. The molecule has 0 bridgehead atoms. The highest BCUT2D eigenvalue weighted by Crippen LogP contribution is 2.00. The largest absolute Gasteiger partial charge is 0.309 e. The first-order valence-corrected chi connectivity index (χ1v) is 4.29. The van der Waals surface area contributed by atoms with E-state index < -0.39 is 0 Å². The minimum absolute atomic E-state index is 0.340. The van der Waals surface area contributed by atoms with Gasteiger partial charge >= 0.3 is 0 Å². The van der Waals surface area contributed by atoms with Crippen LogP contribution in [0.2, 0.25) is 0 Å². The zero-order chi connectivity index (χ0) is 8.69. The summed E-state index contributed by atoms with van der Waals surface area (Å²) >= 11 is 4.50. The third-order valence-corrected chi connectivity index (χ3v) is 1.61. The molecule has 0 aromatic heterocycles. The van der Waals surface area contributed by atoms with E-state index in [0.717, 1.165) is 13.0 Å². The zero-order valence-corrected chi connectivity index (χ0v) is 8.32. The van der Waals surface area contributed by atoms with E-state index >= 15 is 0 Å². The number of hydrogen-bond donors (Lipinski definition) is 0. The van der Waals surface area contributed by atoms with Crippen LogP contribution in [0.15, 0.2) is 4.99 Å². The van der Waals surface area contributed by atoms with Crippen LogP contribution >= 0.6 is 12.2 Å². The molecule has 0 aromatic rings. The van der Waals surface area contributed by atoms with Crippen molar-refractivity contribution in [3.05, 3.63) is 0 Å². The number of rotatable bonds is 5. The molecule has 0 aromatic carbocycles. The van der Waals surface area contributed by atoms with Crippen LogP contribution in [0, 0.1) is 0 Å². The molecule has 0 aliphatic rings. The number of nitrogens with zero attached hydrogens (tertiary/aromatic N) is 2. The monoisotopic (exact) mass is 172 g/mol. The molecule has 0 rings (SSSR count). The first-order valence-electron chi connectivity index (χ1n) is 3.88. The van der Waals surface area contributed by atoms with E-state index in [2.05, 4.69) is 48.3 Å². The summed E-state index contributed by atoms with van der Waals surface area (Å²) in [5.74, 6) is 0. The minimum Gasteiger partial charge on any atom is -0.309 e. The van der Waals surface area contributed by atoms with Gasteiger partial charge in [-0.05, 0) is 52.6 Å². The topological polar surface area (TPSA) is 15.6 Å². The summed E-state index contributed by atoms with van der Waals surface area (Å²) in [6, 6.07) is 0.340. The SMILES string of the molecule is C[C@H](CCCN(C)C)N=C=S. The molecule has 0 saturated heterocycles. The van der Waals surface area contributed by atoms with Crippen molar-refractivity contribution >= 4 is 17.4 Å². The van der Waals surface area contributed by atoms with Gasteiger partial charge in [-0.25, -0.2) is 4.99 Å². The lowest BCUT2D eigenvalue weighted by molar-refractivity contribution is 0.388. The van der Waals surface area contributed by atoms with Crippen molar-refractivity contribution in [3.63, 3.8) is 0 Å². The second-order valence-electron chi connectivity index (χ2n) is 3.01. The van der Waals surface area contributed by atoms with Crippen molar-refractivity contribution < 1.29 is 0 Å². The fourth-order valence-corrected chi connectivity index (χ4v) is 1.04. The molecule has 1 atom stereocenters. The van der Waals surface area contributed by atoms with Crippen LogP contribution < -0.4 is 0 Å². The van der Waals surface area contributed by atoms with Gasteiger partial charge in [0.15, 0.2) is 0 Å². The maximum Gasteiger partial charge on any atom is 0.0587 e. The van der Waals surface area contributed by atoms with Gasteiger partial charge in [0, 0.05) is 0 Å². The number of thiocarbonyl (C=S) groups is 1. The molecule has 0 radical (unpaired) electrons. The number of isothiocyanates is 1. The highest BCUT2D eigenvalue weighted by molar-refractivity contribution is 7.78. The molecule has 0 amide bonds. The molecule has 0 spiro atoms. The summed E-state index contributed by atoms with van der Waals surface area (Å²) in [6.07, 6.45) is 2.27. The maximum atomic E-state index is 4.50. The third-order valence-electron chi connectivity index (χ3n) is 1.50. The Labute approximate surface area is 74.3 Å². The zero-order valence-electron chi connectivity index (χ0n) is 7.50. The van der Waals surface area contributed by atoms with Crippen molar-refractivity contribution in [3.8, 4) is 0 Å². The van der Waals surface area contributed by atoms with Crippen molar-refractivity contribution in [1.29, 1.82) is 0 Å². The van der Waals surface area contributed by atoms with Crippen LogP contribution in [0.25, 0.3) is 0 Å². The molecule has 0 fully saturated rings. The van der Waals surface area contributed by atoms with Crippen LogP contribution in [0.4, 0.5) is 0 Å². The Hall–Kier alpha value is -0.240. The van der Waals surface area contributed by atoms with Crippen molar-refractivity contribution in [2.24, 2.45) is 4.99 Å². The van der Waals surface area contributed by atoms with E-state index in [4.69, 9.17) is 0 Å². The highest BCUT2D eigenvalue weighted by Gasteiger charge is 1.97. The predicted molar refractivity (Wildman–Crippen MR) is 52.3 cm³/mol. The van der Waals surface area contributed by atoms with Crippen molar-refractivity contribution in [2.45, 2.75) is 25.8 Å². The molecular weight excluding hydrogens is 156 g/mol. The van der Waals surface area contributed by atoms with Crippen LogP contribution in [-0.2, 0) is 0 Å². The Morgan fingerprint density at radius 3 is 2.64 bits per heavy atom. The van der Waals surface area contributed by atoms with Gasteiger partial charge in [-0.15, -0.1) is 0 Å². The Morgan fingerprint density at radius 1 is 1.55 bits per heavy atom. The fraction of sp³-hybridized carbons (Fsp3) is 0.875. The lowest BCUT2D eigenvalue weighted by Gasteiger charge is -2.09. The summed E-state index contributed by atoms with van der Waals surface area (Å²) in [5.41, 5.74) is 0. The third kappa shape index (κ3) is 7.66. The molecule has 0 heterocycles. The van der Waals surface area contributed by atoms with Gasteiger partial charge in [0.25, 0.3) is 0 Å². The summed E-state index contributed by atoms with van der Waals surface area (Å²) in [6.45, 7) is 3.19. The minimum atomic E-state index is 0.340.